The molecule has 1 aromatic carbocycles. The average Bonchev–Trinajstić information content (AvgIpc) is 2.22. The number of carbonyl (C=O) groups excluding carboxylic acids is 1. The van der Waals surface area contributed by atoms with Crippen molar-refractivity contribution in [1.29, 1.82) is 0 Å². The second kappa shape index (κ2) is 3.95. The summed E-state index contributed by atoms with van der Waals surface area (Å²) in [6.07, 6.45) is 0.0713. The van der Waals surface area contributed by atoms with Crippen LogP contribution in [0.2, 0.25) is 0 Å². The van der Waals surface area contributed by atoms with E-state index in [-0.39, 0.29) is 6.42 Å². The van der Waals surface area contributed by atoms with Crippen molar-refractivity contribution in [2.75, 3.05) is 0 Å². The Morgan fingerprint density at radius 3 is 2.33 bits per heavy atom. The molecule has 0 unspecified atom stereocenters. The van der Waals surface area contributed by atoms with Gasteiger partial charge in [-0.3, -0.25) is 4.79 Å². The van der Waals surface area contributed by atoms with E-state index < -0.39 is 34.7 Å². The molecule has 0 saturated carbocycles. The van der Waals surface area contributed by atoms with Gasteiger partial charge in [0.2, 0.25) is 17.2 Å². The number of phenols is 4. The van der Waals surface area contributed by atoms with Crippen molar-refractivity contribution < 1.29 is 30.0 Å². The molecule has 0 aliphatic rings. The van der Waals surface area contributed by atoms with E-state index in [0.29, 0.717) is 0 Å². The summed E-state index contributed by atoms with van der Waals surface area (Å²) >= 11 is 0. The van der Waals surface area contributed by atoms with Gasteiger partial charge in [0.25, 0.3) is 0 Å². The van der Waals surface area contributed by atoms with Crippen molar-refractivity contribution in [2.45, 2.75) is 13.3 Å². The molecule has 0 amide bonds. The zero-order valence-electron chi connectivity index (χ0n) is 7.89. The summed E-state index contributed by atoms with van der Waals surface area (Å²) < 4.78 is 4.59. The Labute approximate surface area is 85.0 Å². The smallest absolute Gasteiger partial charge is 0.311 e. The van der Waals surface area contributed by atoms with E-state index in [1.54, 1.807) is 6.92 Å². The summed E-state index contributed by atoms with van der Waals surface area (Å²) in [6.45, 7) is 1.54. The lowest BCUT2D eigenvalue weighted by molar-refractivity contribution is -0.134. The quantitative estimate of drug-likeness (QED) is 0.251. The molecular formula is C9H10O6. The normalized spacial score (nSPS) is 9.93. The van der Waals surface area contributed by atoms with Crippen LogP contribution in [0.3, 0.4) is 0 Å². The third kappa shape index (κ3) is 2.04. The van der Waals surface area contributed by atoms with Crippen LogP contribution in [0.4, 0.5) is 0 Å². The van der Waals surface area contributed by atoms with Crippen LogP contribution in [0, 0.1) is 0 Å². The molecule has 15 heavy (non-hydrogen) atoms. The van der Waals surface area contributed by atoms with Crippen LogP contribution in [-0.2, 0) is 4.79 Å². The molecule has 6 nitrogen and oxygen atoms in total. The molecule has 0 spiro atoms. The molecule has 6 heteroatoms. The van der Waals surface area contributed by atoms with Gasteiger partial charge < -0.3 is 25.2 Å². The highest BCUT2D eigenvalue weighted by molar-refractivity contribution is 5.75. The first-order chi connectivity index (χ1) is 6.97. The fourth-order valence-electron chi connectivity index (χ4n) is 0.884. The third-order valence-electron chi connectivity index (χ3n) is 1.70. The zero-order valence-corrected chi connectivity index (χ0v) is 7.89. The summed E-state index contributed by atoms with van der Waals surface area (Å²) in [5, 5.41) is 36.4. The SMILES string of the molecule is CCC(=O)Oc1cc(O)c(O)c(O)c1O. The lowest BCUT2D eigenvalue weighted by Gasteiger charge is -2.08. The highest BCUT2D eigenvalue weighted by Crippen LogP contribution is 2.47. The van der Waals surface area contributed by atoms with E-state index in [1.807, 2.05) is 0 Å². The molecule has 0 fully saturated rings. The molecule has 1 rings (SSSR count). The number of rotatable bonds is 2. The van der Waals surface area contributed by atoms with Gasteiger partial charge in [0.05, 0.1) is 0 Å². The zero-order chi connectivity index (χ0) is 11.6. The van der Waals surface area contributed by atoms with Crippen LogP contribution >= 0.6 is 0 Å². The monoisotopic (exact) mass is 214 g/mol. The predicted octanol–water partition coefficient (Wildman–Crippen LogP) is 0.824. The van der Waals surface area contributed by atoms with Gasteiger partial charge in [-0.25, -0.2) is 0 Å². The topological polar surface area (TPSA) is 107 Å². The summed E-state index contributed by atoms with van der Waals surface area (Å²) in [4.78, 5) is 10.9. The fourth-order valence-corrected chi connectivity index (χ4v) is 0.884. The Morgan fingerprint density at radius 2 is 1.80 bits per heavy atom. The molecule has 0 heterocycles. The lowest BCUT2D eigenvalue weighted by atomic mass is 10.2. The van der Waals surface area contributed by atoms with Crippen molar-refractivity contribution in [1.82, 2.24) is 0 Å². The maximum Gasteiger partial charge on any atom is 0.311 e. The van der Waals surface area contributed by atoms with Gasteiger partial charge in [0, 0.05) is 12.5 Å². The van der Waals surface area contributed by atoms with E-state index >= 15 is 0 Å². The molecule has 0 aliphatic carbocycles. The highest BCUT2D eigenvalue weighted by atomic mass is 16.5. The van der Waals surface area contributed by atoms with Crippen LogP contribution in [0.5, 0.6) is 28.7 Å². The van der Waals surface area contributed by atoms with Crippen molar-refractivity contribution in [3.8, 4) is 28.7 Å². The largest absolute Gasteiger partial charge is 0.504 e. The molecule has 0 atom stereocenters. The predicted molar refractivity (Wildman–Crippen MR) is 49.0 cm³/mol. The van der Waals surface area contributed by atoms with Gasteiger partial charge in [-0.15, -0.1) is 0 Å². The minimum atomic E-state index is -0.936. The van der Waals surface area contributed by atoms with Crippen LogP contribution in [0.25, 0.3) is 0 Å². The molecule has 82 valence electrons. The van der Waals surface area contributed by atoms with Crippen molar-refractivity contribution >= 4 is 5.97 Å². The van der Waals surface area contributed by atoms with Crippen LogP contribution in [0.15, 0.2) is 6.07 Å². The van der Waals surface area contributed by atoms with E-state index in [0.717, 1.165) is 6.07 Å². The second-order valence-corrected chi connectivity index (χ2v) is 2.77. The Bertz CT molecular complexity index is 398. The molecule has 0 saturated heterocycles. The average molecular weight is 214 g/mol. The van der Waals surface area contributed by atoms with Crippen molar-refractivity contribution in [3.63, 3.8) is 0 Å². The number of esters is 1. The minimum absolute atomic E-state index is 0.0713. The maximum atomic E-state index is 10.9. The Balaban J connectivity index is 3.15. The fraction of sp³-hybridized carbons (Fsp3) is 0.222. The van der Waals surface area contributed by atoms with E-state index in [4.69, 9.17) is 15.3 Å². The first kappa shape index (κ1) is 11.0. The number of phenolic OH excluding ortho intramolecular Hbond substituents is 4. The van der Waals surface area contributed by atoms with Crippen molar-refractivity contribution in [2.24, 2.45) is 0 Å². The van der Waals surface area contributed by atoms with E-state index in [2.05, 4.69) is 4.74 Å². The molecule has 4 N–H and O–H groups in total. The number of ether oxygens (including phenoxy) is 1. The van der Waals surface area contributed by atoms with Gasteiger partial charge in [-0.05, 0) is 0 Å². The standard InChI is InChI=1S/C9H10O6/c1-2-6(11)15-5-3-4(10)7(12)9(14)8(5)13/h3,10,12-14H,2H2,1H3. The van der Waals surface area contributed by atoms with Crippen LogP contribution in [-0.4, -0.2) is 26.4 Å². The van der Waals surface area contributed by atoms with Gasteiger partial charge in [0.15, 0.2) is 11.5 Å². The molecule has 1 aromatic rings. The molecular weight excluding hydrogens is 204 g/mol. The molecule has 0 aromatic heterocycles. The minimum Gasteiger partial charge on any atom is -0.504 e. The number of hydrogen-bond donors (Lipinski definition) is 4. The van der Waals surface area contributed by atoms with Gasteiger partial charge in [-0.1, -0.05) is 6.92 Å². The third-order valence-corrected chi connectivity index (χ3v) is 1.70. The van der Waals surface area contributed by atoms with Gasteiger partial charge >= 0.3 is 5.97 Å². The van der Waals surface area contributed by atoms with Gasteiger partial charge in [-0.2, -0.15) is 0 Å². The maximum absolute atomic E-state index is 10.9. The Kier molecular flexibility index (Phi) is 2.89. The summed E-state index contributed by atoms with van der Waals surface area (Å²) in [6, 6.07) is 0.831. The molecule has 0 bridgehead atoms. The summed E-state index contributed by atoms with van der Waals surface area (Å²) in [5.74, 6) is -4.35. The van der Waals surface area contributed by atoms with Crippen molar-refractivity contribution in [3.05, 3.63) is 6.07 Å². The summed E-state index contributed by atoms with van der Waals surface area (Å²) in [7, 11) is 0. The first-order valence-corrected chi connectivity index (χ1v) is 4.14. The Morgan fingerprint density at radius 1 is 1.20 bits per heavy atom. The Hall–Kier alpha value is -2.11. The van der Waals surface area contributed by atoms with Crippen LogP contribution in [0.1, 0.15) is 13.3 Å². The van der Waals surface area contributed by atoms with Gasteiger partial charge in [0.1, 0.15) is 0 Å². The summed E-state index contributed by atoms with van der Waals surface area (Å²) in [5.41, 5.74) is 0. The van der Waals surface area contributed by atoms with E-state index in [1.165, 1.54) is 0 Å². The number of benzene rings is 1. The van der Waals surface area contributed by atoms with Crippen LogP contribution < -0.4 is 4.74 Å². The lowest BCUT2D eigenvalue weighted by Crippen LogP contribution is -2.05. The van der Waals surface area contributed by atoms with E-state index in [9.17, 15) is 9.90 Å². The molecule has 0 radical (unpaired) electrons. The highest BCUT2D eigenvalue weighted by Gasteiger charge is 2.18. The number of carbonyl (C=O) groups is 1. The second-order valence-electron chi connectivity index (χ2n) is 2.77. The molecule has 0 aliphatic heterocycles. The number of aromatic hydroxyl groups is 4. The first-order valence-electron chi connectivity index (χ1n) is 4.14. The number of hydrogen-bond acceptors (Lipinski definition) is 6.